The van der Waals surface area contributed by atoms with Gasteiger partial charge in [-0.05, 0) is 52.6 Å². The molecule has 106 valence electrons. The second-order valence-corrected chi connectivity index (χ2v) is 5.44. The van der Waals surface area contributed by atoms with Crippen LogP contribution in [0.25, 0.3) is 0 Å². The molecule has 2 atom stereocenters. The Hall–Kier alpha value is -1.36. The van der Waals surface area contributed by atoms with Crippen molar-refractivity contribution in [3.8, 4) is 0 Å². The molecule has 19 heavy (non-hydrogen) atoms. The summed E-state index contributed by atoms with van der Waals surface area (Å²) in [7, 11) is 0. The Balaban J connectivity index is 1.88. The number of carbonyl (C=O) groups excluding carboxylic acids is 1. The third kappa shape index (κ3) is 3.56. The van der Waals surface area contributed by atoms with Gasteiger partial charge in [0.1, 0.15) is 5.76 Å². The maximum Gasteiger partial charge on any atom is 0.220 e. The Morgan fingerprint density at radius 3 is 2.95 bits per heavy atom. The van der Waals surface area contributed by atoms with Crippen LogP contribution in [0.4, 0.5) is 0 Å². The Labute approximate surface area is 114 Å². The molecule has 0 saturated carbocycles. The quantitative estimate of drug-likeness (QED) is 0.872. The zero-order valence-corrected chi connectivity index (χ0v) is 12.0. The molecule has 1 aromatic rings. The van der Waals surface area contributed by atoms with Crippen LogP contribution in [0, 0.1) is 19.8 Å². The molecule has 0 aromatic carbocycles. The van der Waals surface area contributed by atoms with E-state index in [9.17, 15) is 4.79 Å². The summed E-state index contributed by atoms with van der Waals surface area (Å²) in [5.74, 6) is 1.36. The summed E-state index contributed by atoms with van der Waals surface area (Å²) in [5, 5.41) is 10.3. The number of hydrogen-bond donors (Lipinski definition) is 2. The zero-order valence-electron chi connectivity index (χ0n) is 12.0. The maximum absolute atomic E-state index is 12.0. The molecule has 1 fully saturated rings. The number of rotatable bonds is 4. The fraction of sp³-hybridized carbons (Fsp3) is 0.714. The number of aryl methyl sites for hydroxylation is 2. The average Bonchev–Trinajstić information content (AvgIpc) is 2.70. The van der Waals surface area contributed by atoms with Gasteiger partial charge in [0, 0.05) is 12.0 Å². The lowest BCUT2D eigenvalue weighted by molar-refractivity contribution is -0.122. The van der Waals surface area contributed by atoms with Crippen LogP contribution in [0.15, 0.2) is 4.52 Å². The average molecular weight is 265 g/mol. The Morgan fingerprint density at radius 2 is 2.37 bits per heavy atom. The molecule has 5 nitrogen and oxygen atoms in total. The highest BCUT2D eigenvalue weighted by atomic mass is 16.5. The van der Waals surface area contributed by atoms with Crippen LogP contribution in [0.1, 0.15) is 49.2 Å². The lowest BCUT2D eigenvalue weighted by Gasteiger charge is -2.23. The summed E-state index contributed by atoms with van der Waals surface area (Å²) >= 11 is 0. The summed E-state index contributed by atoms with van der Waals surface area (Å²) < 4.78 is 5.14. The number of nitrogens with zero attached hydrogens (tertiary/aromatic N) is 1. The number of amides is 1. The molecule has 1 amide bonds. The SMILES string of the molecule is Cc1noc(C)c1C(C)NC(=O)CC1CCCNC1. The molecule has 2 heterocycles. The van der Waals surface area contributed by atoms with Crippen LogP contribution in [-0.2, 0) is 4.79 Å². The molecule has 5 heteroatoms. The van der Waals surface area contributed by atoms with Crippen molar-refractivity contribution in [1.82, 2.24) is 15.8 Å². The summed E-state index contributed by atoms with van der Waals surface area (Å²) in [6, 6.07) is -0.0460. The summed E-state index contributed by atoms with van der Waals surface area (Å²) in [4.78, 5) is 12.0. The van der Waals surface area contributed by atoms with E-state index in [1.807, 2.05) is 20.8 Å². The maximum atomic E-state index is 12.0. The Morgan fingerprint density at radius 1 is 1.58 bits per heavy atom. The normalized spacial score (nSPS) is 21.1. The molecule has 2 rings (SSSR count). The van der Waals surface area contributed by atoms with Crippen molar-refractivity contribution in [2.24, 2.45) is 5.92 Å². The number of carbonyl (C=O) groups is 1. The fourth-order valence-electron chi connectivity index (χ4n) is 2.84. The van der Waals surface area contributed by atoms with E-state index >= 15 is 0 Å². The molecule has 0 spiro atoms. The molecule has 2 N–H and O–H groups in total. The Bertz CT molecular complexity index is 416. The summed E-state index contributed by atoms with van der Waals surface area (Å²) in [6.45, 7) is 7.78. The second kappa shape index (κ2) is 6.19. The van der Waals surface area contributed by atoms with Crippen LogP contribution >= 0.6 is 0 Å². The lowest BCUT2D eigenvalue weighted by Crippen LogP contribution is -2.35. The third-order valence-electron chi connectivity index (χ3n) is 3.77. The summed E-state index contributed by atoms with van der Waals surface area (Å²) in [5.41, 5.74) is 1.85. The van der Waals surface area contributed by atoms with Crippen molar-refractivity contribution in [3.63, 3.8) is 0 Å². The minimum absolute atomic E-state index is 0.0460. The first-order valence-corrected chi connectivity index (χ1v) is 7.00. The van der Waals surface area contributed by atoms with Crippen LogP contribution in [0.3, 0.4) is 0 Å². The molecule has 1 aromatic heterocycles. The minimum atomic E-state index is -0.0460. The van der Waals surface area contributed by atoms with E-state index in [-0.39, 0.29) is 11.9 Å². The molecule has 0 aliphatic carbocycles. The molecule has 1 aliphatic rings. The highest BCUT2D eigenvalue weighted by Crippen LogP contribution is 2.21. The van der Waals surface area contributed by atoms with Crippen molar-refractivity contribution in [2.75, 3.05) is 13.1 Å². The molecular weight excluding hydrogens is 242 g/mol. The van der Waals surface area contributed by atoms with Crippen molar-refractivity contribution >= 4 is 5.91 Å². The van der Waals surface area contributed by atoms with E-state index in [2.05, 4.69) is 15.8 Å². The van der Waals surface area contributed by atoms with Crippen LogP contribution < -0.4 is 10.6 Å². The van der Waals surface area contributed by atoms with Gasteiger partial charge >= 0.3 is 0 Å². The van der Waals surface area contributed by atoms with Gasteiger partial charge in [0.25, 0.3) is 0 Å². The standard InChI is InChI=1S/C14H23N3O2/c1-9(14-10(2)17-19-11(14)3)16-13(18)7-12-5-4-6-15-8-12/h9,12,15H,4-8H2,1-3H3,(H,16,18). The number of hydrogen-bond acceptors (Lipinski definition) is 4. The van der Waals surface area contributed by atoms with Crippen molar-refractivity contribution < 1.29 is 9.32 Å². The molecule has 2 unspecified atom stereocenters. The predicted molar refractivity (Wildman–Crippen MR) is 72.7 cm³/mol. The third-order valence-corrected chi connectivity index (χ3v) is 3.77. The van der Waals surface area contributed by atoms with Gasteiger partial charge in [-0.2, -0.15) is 0 Å². The molecule has 1 saturated heterocycles. The van der Waals surface area contributed by atoms with E-state index in [1.54, 1.807) is 0 Å². The first-order valence-electron chi connectivity index (χ1n) is 7.00. The smallest absolute Gasteiger partial charge is 0.220 e. The van der Waals surface area contributed by atoms with Gasteiger partial charge in [-0.15, -0.1) is 0 Å². The van der Waals surface area contributed by atoms with E-state index in [1.165, 1.54) is 0 Å². The topological polar surface area (TPSA) is 67.2 Å². The molecule has 0 radical (unpaired) electrons. The van der Waals surface area contributed by atoms with Crippen molar-refractivity contribution in [1.29, 1.82) is 0 Å². The second-order valence-electron chi connectivity index (χ2n) is 5.44. The van der Waals surface area contributed by atoms with E-state index in [0.29, 0.717) is 12.3 Å². The van der Waals surface area contributed by atoms with Crippen LogP contribution in [0.2, 0.25) is 0 Å². The Kier molecular flexibility index (Phi) is 4.58. The van der Waals surface area contributed by atoms with Gasteiger partial charge < -0.3 is 15.2 Å². The first-order chi connectivity index (χ1) is 9.08. The minimum Gasteiger partial charge on any atom is -0.361 e. The van der Waals surface area contributed by atoms with Crippen molar-refractivity contribution in [3.05, 3.63) is 17.0 Å². The first kappa shape index (κ1) is 14.1. The number of aromatic nitrogens is 1. The van der Waals surface area contributed by atoms with E-state index in [0.717, 1.165) is 42.9 Å². The molecular formula is C14H23N3O2. The highest BCUT2D eigenvalue weighted by molar-refractivity contribution is 5.76. The summed E-state index contributed by atoms with van der Waals surface area (Å²) in [6.07, 6.45) is 2.90. The van der Waals surface area contributed by atoms with Gasteiger partial charge in [-0.25, -0.2) is 0 Å². The lowest BCUT2D eigenvalue weighted by atomic mass is 9.95. The van der Waals surface area contributed by atoms with Gasteiger partial charge in [0.15, 0.2) is 0 Å². The van der Waals surface area contributed by atoms with Gasteiger partial charge in [-0.3, -0.25) is 4.79 Å². The largest absolute Gasteiger partial charge is 0.361 e. The van der Waals surface area contributed by atoms with Crippen molar-refractivity contribution in [2.45, 2.75) is 46.1 Å². The number of piperidine rings is 1. The van der Waals surface area contributed by atoms with Gasteiger partial charge in [0.05, 0.1) is 11.7 Å². The fourth-order valence-corrected chi connectivity index (χ4v) is 2.84. The van der Waals surface area contributed by atoms with Gasteiger partial charge in [0.2, 0.25) is 5.91 Å². The predicted octanol–water partition coefficient (Wildman–Crippen LogP) is 1.86. The van der Waals surface area contributed by atoms with Crippen LogP contribution in [-0.4, -0.2) is 24.2 Å². The highest BCUT2D eigenvalue weighted by Gasteiger charge is 2.21. The van der Waals surface area contributed by atoms with Crippen LogP contribution in [0.5, 0.6) is 0 Å². The zero-order chi connectivity index (χ0) is 13.8. The molecule has 1 aliphatic heterocycles. The van der Waals surface area contributed by atoms with E-state index < -0.39 is 0 Å². The van der Waals surface area contributed by atoms with E-state index in [4.69, 9.17) is 4.52 Å². The molecule has 0 bridgehead atoms. The van der Waals surface area contributed by atoms with Gasteiger partial charge in [-0.1, -0.05) is 5.16 Å². The monoisotopic (exact) mass is 265 g/mol. The number of nitrogens with one attached hydrogen (secondary N) is 2.